The van der Waals surface area contributed by atoms with Crippen LogP contribution in [0.2, 0.25) is 5.02 Å². The smallest absolute Gasteiger partial charge is 0.248 e. The molecular formula is C29H23ClN2O3. The second-order valence-corrected chi connectivity index (χ2v) is 8.56. The van der Waals surface area contributed by atoms with Gasteiger partial charge in [0.15, 0.2) is 0 Å². The first-order valence-corrected chi connectivity index (χ1v) is 11.7. The molecule has 2 aromatic heterocycles. The number of nitrogens with one attached hydrogen (secondary N) is 1. The minimum Gasteiger partial charge on any atom is -0.493 e. The lowest BCUT2D eigenvalue weighted by molar-refractivity contribution is -0.111. The van der Waals surface area contributed by atoms with E-state index >= 15 is 0 Å². The Kier molecular flexibility index (Phi) is 6.25. The zero-order chi connectivity index (χ0) is 24.4. The van der Waals surface area contributed by atoms with Crippen molar-refractivity contribution in [1.82, 2.24) is 4.98 Å². The van der Waals surface area contributed by atoms with Gasteiger partial charge in [-0.05, 0) is 67.4 Å². The summed E-state index contributed by atoms with van der Waals surface area (Å²) < 4.78 is 11.7. The Morgan fingerprint density at radius 1 is 1.09 bits per heavy atom. The van der Waals surface area contributed by atoms with Gasteiger partial charge in [-0.2, -0.15) is 0 Å². The van der Waals surface area contributed by atoms with E-state index in [0.29, 0.717) is 28.6 Å². The lowest BCUT2D eigenvalue weighted by Crippen LogP contribution is -2.09. The van der Waals surface area contributed by atoms with Crippen molar-refractivity contribution < 1.29 is 13.9 Å². The zero-order valence-corrected chi connectivity index (χ0v) is 20.1. The lowest BCUT2D eigenvalue weighted by atomic mass is 9.99. The number of fused-ring (bicyclic) bond motifs is 2. The first-order chi connectivity index (χ1) is 17.0. The predicted molar refractivity (Wildman–Crippen MR) is 142 cm³/mol. The van der Waals surface area contributed by atoms with Gasteiger partial charge in [-0.3, -0.25) is 9.78 Å². The Labute approximate surface area is 208 Å². The Balaban J connectivity index is 1.52. The molecule has 0 atom stereocenters. The highest BCUT2D eigenvalue weighted by Gasteiger charge is 2.15. The summed E-state index contributed by atoms with van der Waals surface area (Å²) in [4.78, 5) is 17.3. The van der Waals surface area contributed by atoms with Gasteiger partial charge in [0.25, 0.3) is 0 Å². The van der Waals surface area contributed by atoms with Crippen LogP contribution in [0, 0.1) is 0 Å². The number of amides is 1. The summed E-state index contributed by atoms with van der Waals surface area (Å²) in [6, 6.07) is 20.9. The molecule has 1 amide bonds. The van der Waals surface area contributed by atoms with Crippen LogP contribution in [0.25, 0.3) is 38.6 Å². The van der Waals surface area contributed by atoms with E-state index in [4.69, 9.17) is 20.8 Å². The molecule has 0 saturated heterocycles. The molecule has 0 aliphatic rings. The molecule has 5 aromatic rings. The Morgan fingerprint density at radius 2 is 1.91 bits per heavy atom. The number of hydrogen-bond donors (Lipinski definition) is 1. The molecule has 1 N–H and O–H groups in total. The molecule has 0 fully saturated rings. The second kappa shape index (κ2) is 9.65. The molecule has 0 bridgehead atoms. The highest BCUT2D eigenvalue weighted by Crippen LogP contribution is 2.38. The van der Waals surface area contributed by atoms with E-state index < -0.39 is 0 Å². The van der Waals surface area contributed by atoms with Crippen molar-refractivity contribution in [2.24, 2.45) is 0 Å². The largest absolute Gasteiger partial charge is 0.493 e. The monoisotopic (exact) mass is 482 g/mol. The molecule has 0 aliphatic heterocycles. The minimum atomic E-state index is -0.230. The summed E-state index contributed by atoms with van der Waals surface area (Å²) in [5.41, 5.74) is 5.78. The number of furan rings is 1. The summed E-state index contributed by atoms with van der Waals surface area (Å²) in [6.45, 7) is 4.32. The van der Waals surface area contributed by atoms with Crippen LogP contribution in [-0.4, -0.2) is 17.5 Å². The number of allylic oxidation sites excluding steroid dienone is 1. The van der Waals surface area contributed by atoms with Crippen LogP contribution >= 0.6 is 11.6 Å². The van der Waals surface area contributed by atoms with E-state index in [1.807, 2.05) is 80.6 Å². The Morgan fingerprint density at radius 3 is 2.71 bits per heavy atom. The number of anilines is 1. The number of rotatable bonds is 6. The highest BCUT2D eigenvalue weighted by atomic mass is 35.5. The van der Waals surface area contributed by atoms with E-state index in [1.54, 1.807) is 18.5 Å². The number of carbonyl (C=O) groups is 1. The van der Waals surface area contributed by atoms with Crippen molar-refractivity contribution in [3.05, 3.63) is 95.9 Å². The summed E-state index contributed by atoms with van der Waals surface area (Å²) in [5.74, 6) is 0.430. The van der Waals surface area contributed by atoms with E-state index in [2.05, 4.69) is 10.3 Å². The fourth-order valence-corrected chi connectivity index (χ4v) is 4.27. The second-order valence-electron chi connectivity index (χ2n) is 8.13. The standard InChI is InChI=1S/C29H23ClN2O3/c1-3-34-27-16-28-23(24(17-35-28)19-9-11-20(30)12-10-19)15-22(27)18(2)14-29(33)32-26-8-4-7-25-21(26)6-5-13-31-25/h4-17H,3H2,1-2H3,(H,32,33)/b18-14+. The maximum Gasteiger partial charge on any atom is 0.248 e. The predicted octanol–water partition coefficient (Wildman–Crippen LogP) is 7.74. The van der Waals surface area contributed by atoms with Crippen LogP contribution in [0.15, 0.2) is 89.7 Å². The molecule has 3 aromatic carbocycles. The highest BCUT2D eigenvalue weighted by molar-refractivity contribution is 6.30. The number of hydrogen-bond acceptors (Lipinski definition) is 4. The molecule has 0 radical (unpaired) electrons. The van der Waals surface area contributed by atoms with Crippen LogP contribution in [0.3, 0.4) is 0 Å². The van der Waals surface area contributed by atoms with E-state index in [9.17, 15) is 4.79 Å². The van der Waals surface area contributed by atoms with E-state index in [0.717, 1.165) is 38.6 Å². The summed E-state index contributed by atoms with van der Waals surface area (Å²) in [7, 11) is 0. The molecule has 2 heterocycles. The fourth-order valence-electron chi connectivity index (χ4n) is 4.15. The van der Waals surface area contributed by atoms with Gasteiger partial charge in [-0.25, -0.2) is 0 Å². The van der Waals surface area contributed by atoms with Crippen molar-refractivity contribution in [1.29, 1.82) is 0 Å². The van der Waals surface area contributed by atoms with Gasteiger partial charge in [0.05, 0.1) is 24.1 Å². The van der Waals surface area contributed by atoms with Gasteiger partial charge in [-0.1, -0.05) is 29.8 Å². The number of halogens is 1. The average molecular weight is 483 g/mol. The minimum absolute atomic E-state index is 0.230. The number of nitrogens with zero attached hydrogens (tertiary/aromatic N) is 1. The third-order valence-corrected chi connectivity index (χ3v) is 6.06. The maximum atomic E-state index is 13.0. The molecular weight excluding hydrogens is 460 g/mol. The van der Waals surface area contributed by atoms with Crippen molar-refractivity contribution in [2.75, 3.05) is 11.9 Å². The topological polar surface area (TPSA) is 64.4 Å². The third kappa shape index (κ3) is 4.63. The summed E-state index contributed by atoms with van der Waals surface area (Å²) in [6.07, 6.45) is 5.05. The first kappa shape index (κ1) is 22.7. The molecule has 0 spiro atoms. The molecule has 35 heavy (non-hydrogen) atoms. The summed E-state index contributed by atoms with van der Waals surface area (Å²) >= 11 is 6.06. The zero-order valence-electron chi connectivity index (χ0n) is 19.3. The average Bonchev–Trinajstić information content (AvgIpc) is 3.27. The third-order valence-electron chi connectivity index (χ3n) is 5.81. The molecule has 5 nitrogen and oxygen atoms in total. The van der Waals surface area contributed by atoms with Crippen molar-refractivity contribution >= 4 is 50.6 Å². The first-order valence-electron chi connectivity index (χ1n) is 11.3. The lowest BCUT2D eigenvalue weighted by Gasteiger charge is -2.12. The number of aromatic nitrogens is 1. The molecule has 5 rings (SSSR count). The van der Waals surface area contributed by atoms with Gasteiger partial charge in [0.1, 0.15) is 11.3 Å². The molecule has 174 valence electrons. The Bertz CT molecular complexity index is 1560. The van der Waals surface area contributed by atoms with Gasteiger partial charge in [0, 0.05) is 45.3 Å². The van der Waals surface area contributed by atoms with Gasteiger partial charge in [0.2, 0.25) is 5.91 Å². The number of carbonyl (C=O) groups excluding carboxylic acids is 1. The van der Waals surface area contributed by atoms with E-state index in [-0.39, 0.29) is 5.91 Å². The van der Waals surface area contributed by atoms with Gasteiger partial charge >= 0.3 is 0 Å². The van der Waals surface area contributed by atoms with E-state index in [1.165, 1.54) is 0 Å². The molecule has 0 unspecified atom stereocenters. The molecule has 0 aliphatic carbocycles. The molecule has 0 saturated carbocycles. The number of benzene rings is 3. The molecule has 6 heteroatoms. The van der Waals surface area contributed by atoms with Crippen LogP contribution in [0.4, 0.5) is 5.69 Å². The number of pyridine rings is 1. The van der Waals surface area contributed by atoms with Crippen LogP contribution in [0.5, 0.6) is 5.75 Å². The fraction of sp³-hybridized carbons (Fsp3) is 0.103. The summed E-state index contributed by atoms with van der Waals surface area (Å²) in [5, 5.41) is 5.47. The SMILES string of the molecule is CCOc1cc2occ(-c3ccc(Cl)cc3)c2cc1/C(C)=C/C(=O)Nc1cccc2ncccc12. The normalized spacial score (nSPS) is 11.7. The van der Waals surface area contributed by atoms with Crippen molar-refractivity contribution in [2.45, 2.75) is 13.8 Å². The van der Waals surface area contributed by atoms with Gasteiger partial charge in [-0.15, -0.1) is 0 Å². The van der Waals surface area contributed by atoms with Crippen LogP contribution in [0.1, 0.15) is 19.4 Å². The van der Waals surface area contributed by atoms with Crippen LogP contribution < -0.4 is 10.1 Å². The van der Waals surface area contributed by atoms with Crippen molar-refractivity contribution in [3.63, 3.8) is 0 Å². The van der Waals surface area contributed by atoms with Crippen LogP contribution in [-0.2, 0) is 4.79 Å². The number of ether oxygens (including phenoxy) is 1. The quantitative estimate of drug-likeness (QED) is 0.251. The maximum absolute atomic E-state index is 13.0. The Hall–Kier alpha value is -4.09. The van der Waals surface area contributed by atoms with Crippen molar-refractivity contribution in [3.8, 4) is 16.9 Å². The van der Waals surface area contributed by atoms with Gasteiger partial charge < -0.3 is 14.5 Å².